The summed E-state index contributed by atoms with van der Waals surface area (Å²) in [5, 5.41) is 0. The summed E-state index contributed by atoms with van der Waals surface area (Å²) in [6.07, 6.45) is 3.01. The summed E-state index contributed by atoms with van der Waals surface area (Å²) in [5.74, 6) is 0.202. The molecule has 0 bridgehead atoms. The number of aryl methyl sites for hydroxylation is 1. The molecule has 0 radical (unpaired) electrons. The lowest BCUT2D eigenvalue weighted by molar-refractivity contribution is 0.249. The monoisotopic (exact) mass is 357 g/mol. The van der Waals surface area contributed by atoms with E-state index in [1.807, 2.05) is 43.3 Å². The van der Waals surface area contributed by atoms with E-state index in [2.05, 4.69) is 19.9 Å². The third-order valence-corrected chi connectivity index (χ3v) is 7.17. The maximum absolute atomic E-state index is 13.4. The Kier molecular flexibility index (Phi) is 5.30. The fourth-order valence-electron chi connectivity index (χ4n) is 3.79. The van der Waals surface area contributed by atoms with Crippen molar-refractivity contribution in [3.05, 3.63) is 65.2 Å². The van der Waals surface area contributed by atoms with E-state index in [1.54, 1.807) is 10.4 Å². The van der Waals surface area contributed by atoms with E-state index in [-0.39, 0.29) is 12.0 Å². The van der Waals surface area contributed by atoms with E-state index in [9.17, 15) is 8.42 Å². The van der Waals surface area contributed by atoms with E-state index in [1.165, 1.54) is 0 Å². The minimum atomic E-state index is -3.48. The van der Waals surface area contributed by atoms with Gasteiger partial charge in [0, 0.05) is 12.6 Å². The van der Waals surface area contributed by atoms with Crippen molar-refractivity contribution < 1.29 is 8.42 Å². The lowest BCUT2D eigenvalue weighted by Crippen LogP contribution is -2.46. The van der Waals surface area contributed by atoms with E-state index >= 15 is 0 Å². The Morgan fingerprint density at radius 1 is 1.08 bits per heavy atom. The zero-order chi connectivity index (χ0) is 18.0. The van der Waals surface area contributed by atoms with E-state index in [4.69, 9.17) is 0 Å². The quantitative estimate of drug-likeness (QED) is 0.766. The molecule has 0 N–H and O–H groups in total. The van der Waals surface area contributed by atoms with Crippen LogP contribution >= 0.6 is 0 Å². The number of unbranched alkanes of at least 4 members (excludes halogenated alkanes) is 1. The van der Waals surface area contributed by atoms with Crippen molar-refractivity contribution in [2.75, 3.05) is 0 Å². The highest BCUT2D eigenvalue weighted by Crippen LogP contribution is 2.41. The molecule has 4 heteroatoms. The van der Waals surface area contributed by atoms with Gasteiger partial charge in [0.05, 0.1) is 4.90 Å². The largest absolute Gasteiger partial charge is 0.243 e. The van der Waals surface area contributed by atoms with Crippen molar-refractivity contribution in [3.63, 3.8) is 0 Å². The minimum Gasteiger partial charge on any atom is -0.207 e. The fraction of sp³-hybridized carbons (Fsp3) is 0.429. The van der Waals surface area contributed by atoms with Crippen molar-refractivity contribution >= 4 is 10.0 Å². The van der Waals surface area contributed by atoms with Gasteiger partial charge < -0.3 is 0 Å². The molecule has 2 atom stereocenters. The van der Waals surface area contributed by atoms with Crippen LogP contribution in [0.1, 0.15) is 55.7 Å². The average molecular weight is 358 g/mol. The van der Waals surface area contributed by atoms with Crippen molar-refractivity contribution in [1.29, 1.82) is 0 Å². The smallest absolute Gasteiger partial charge is 0.207 e. The number of nitrogens with zero attached hydrogens (tertiary/aromatic N) is 1. The Hall–Kier alpha value is -1.65. The van der Waals surface area contributed by atoms with Gasteiger partial charge in [-0.15, -0.1) is 0 Å². The van der Waals surface area contributed by atoms with Crippen molar-refractivity contribution in [1.82, 2.24) is 4.31 Å². The first-order valence-corrected chi connectivity index (χ1v) is 10.6. The van der Waals surface area contributed by atoms with Crippen molar-refractivity contribution in [3.8, 4) is 0 Å². The zero-order valence-corrected chi connectivity index (χ0v) is 16.1. The van der Waals surface area contributed by atoms with Crippen LogP contribution in [0.4, 0.5) is 0 Å². The molecular weight excluding hydrogens is 330 g/mol. The summed E-state index contributed by atoms with van der Waals surface area (Å²) in [7, 11) is -3.48. The van der Waals surface area contributed by atoms with Crippen LogP contribution in [0.5, 0.6) is 0 Å². The van der Waals surface area contributed by atoms with E-state index < -0.39 is 10.0 Å². The van der Waals surface area contributed by atoms with Gasteiger partial charge in [0.1, 0.15) is 0 Å². The van der Waals surface area contributed by atoms with Crippen LogP contribution in [0.3, 0.4) is 0 Å². The highest BCUT2D eigenvalue weighted by atomic mass is 32.2. The van der Waals surface area contributed by atoms with Crippen molar-refractivity contribution in [2.24, 2.45) is 0 Å². The Morgan fingerprint density at radius 3 is 2.48 bits per heavy atom. The summed E-state index contributed by atoms with van der Waals surface area (Å²) in [4.78, 5) is 0.481. The fourth-order valence-corrected chi connectivity index (χ4v) is 5.79. The second-order valence-corrected chi connectivity index (χ2v) is 8.93. The molecule has 25 heavy (non-hydrogen) atoms. The predicted molar refractivity (Wildman–Crippen MR) is 102 cm³/mol. The molecule has 0 spiro atoms. The van der Waals surface area contributed by atoms with Crippen molar-refractivity contribution in [2.45, 2.75) is 63.4 Å². The van der Waals surface area contributed by atoms with Crippen LogP contribution < -0.4 is 0 Å². The molecule has 1 aliphatic rings. The Balaban J connectivity index is 2.07. The van der Waals surface area contributed by atoms with Gasteiger partial charge in [0.2, 0.25) is 10.0 Å². The molecule has 1 aliphatic heterocycles. The molecule has 0 fully saturated rings. The van der Waals surface area contributed by atoms with Gasteiger partial charge in [-0.2, -0.15) is 4.31 Å². The molecule has 2 aromatic rings. The number of hydrogen-bond donors (Lipinski definition) is 0. The van der Waals surface area contributed by atoms with Crippen LogP contribution in [-0.2, 0) is 16.6 Å². The first-order chi connectivity index (χ1) is 11.9. The van der Waals surface area contributed by atoms with Crippen LogP contribution in [0.25, 0.3) is 0 Å². The van der Waals surface area contributed by atoms with Crippen LogP contribution in [0.2, 0.25) is 0 Å². The Morgan fingerprint density at radius 2 is 1.80 bits per heavy atom. The Labute approximate surface area is 151 Å². The molecule has 3 nitrogen and oxygen atoms in total. The lowest BCUT2D eigenvalue weighted by atomic mass is 9.88. The first-order valence-electron chi connectivity index (χ1n) is 9.11. The minimum absolute atomic E-state index is 0.0134. The van der Waals surface area contributed by atoms with Gasteiger partial charge in [0.25, 0.3) is 0 Å². The van der Waals surface area contributed by atoms with Gasteiger partial charge in [-0.05, 0) is 36.5 Å². The second kappa shape index (κ2) is 7.30. The molecule has 0 unspecified atom stereocenters. The molecule has 0 aliphatic carbocycles. The molecule has 2 aromatic carbocycles. The topological polar surface area (TPSA) is 37.4 Å². The number of sulfonamides is 1. The molecule has 134 valence electrons. The number of benzene rings is 2. The maximum Gasteiger partial charge on any atom is 0.243 e. The second-order valence-electron chi connectivity index (χ2n) is 7.08. The highest BCUT2D eigenvalue weighted by Gasteiger charge is 2.41. The van der Waals surface area contributed by atoms with Gasteiger partial charge in [0.15, 0.2) is 0 Å². The van der Waals surface area contributed by atoms with Crippen LogP contribution in [0, 0.1) is 6.92 Å². The summed E-state index contributed by atoms with van der Waals surface area (Å²) < 4.78 is 28.5. The molecular formula is C21H27NO2S. The summed E-state index contributed by atoms with van der Waals surface area (Å²) >= 11 is 0. The number of rotatable bonds is 5. The van der Waals surface area contributed by atoms with Gasteiger partial charge in [-0.25, -0.2) is 8.42 Å². The molecule has 1 heterocycles. The van der Waals surface area contributed by atoms with E-state index in [0.717, 1.165) is 36.0 Å². The van der Waals surface area contributed by atoms with Crippen LogP contribution in [0.15, 0.2) is 53.4 Å². The summed E-state index contributed by atoms with van der Waals surface area (Å²) in [6, 6.07) is 15.6. The third-order valence-electron chi connectivity index (χ3n) is 5.22. The summed E-state index contributed by atoms with van der Waals surface area (Å²) in [6.45, 7) is 6.79. The van der Waals surface area contributed by atoms with Gasteiger partial charge in [-0.1, -0.05) is 74.7 Å². The molecule has 0 saturated heterocycles. The average Bonchev–Trinajstić information content (AvgIpc) is 2.60. The molecule has 3 rings (SSSR count). The SMILES string of the molecule is CCCC[C@H]1[C@H](C)c2cc(C)ccc2S(=O)(=O)N1Cc1ccccc1. The normalized spacial score (nSPS) is 22.5. The lowest BCUT2D eigenvalue weighted by Gasteiger charge is -2.40. The molecule has 0 aromatic heterocycles. The van der Waals surface area contributed by atoms with E-state index in [0.29, 0.717) is 11.4 Å². The first kappa shape index (κ1) is 18.2. The van der Waals surface area contributed by atoms with Gasteiger partial charge >= 0.3 is 0 Å². The van der Waals surface area contributed by atoms with Crippen LogP contribution in [-0.4, -0.2) is 18.8 Å². The number of fused-ring (bicyclic) bond motifs is 1. The summed E-state index contributed by atoms with van der Waals surface area (Å²) in [5.41, 5.74) is 3.13. The third kappa shape index (κ3) is 3.51. The van der Waals surface area contributed by atoms with Gasteiger partial charge in [-0.3, -0.25) is 0 Å². The molecule has 0 amide bonds. The predicted octanol–water partition coefficient (Wildman–Crippen LogP) is 4.86. The number of hydrogen-bond acceptors (Lipinski definition) is 2. The molecule has 0 saturated carbocycles. The standard InChI is InChI=1S/C21H27NO2S/c1-4-5-11-20-17(3)19-14-16(2)12-13-21(19)25(23,24)22(20)15-18-9-7-6-8-10-18/h6-10,12-14,17,20H,4-5,11,15H2,1-3H3/t17-,20+/m1/s1. The zero-order valence-electron chi connectivity index (χ0n) is 15.3. The Bertz CT molecular complexity index is 830. The maximum atomic E-state index is 13.4. The highest BCUT2D eigenvalue weighted by molar-refractivity contribution is 7.89.